The highest BCUT2D eigenvalue weighted by atomic mass is 16.5. The van der Waals surface area contributed by atoms with Crippen molar-refractivity contribution in [3.63, 3.8) is 0 Å². The lowest BCUT2D eigenvalue weighted by molar-refractivity contribution is -0.138. The fourth-order valence-electron chi connectivity index (χ4n) is 2.08. The van der Waals surface area contributed by atoms with E-state index in [4.69, 9.17) is 0 Å². The van der Waals surface area contributed by atoms with E-state index in [9.17, 15) is 15.0 Å². The number of aliphatic hydroxyl groups is 2. The third kappa shape index (κ3) is 3.13. The zero-order valence-electron chi connectivity index (χ0n) is 10.7. The van der Waals surface area contributed by atoms with Crippen LogP contribution in [0.2, 0.25) is 0 Å². The lowest BCUT2D eigenvalue weighted by atomic mass is 10.0. The van der Waals surface area contributed by atoms with Crippen LogP contribution < -0.4 is 0 Å². The predicted molar refractivity (Wildman–Crippen MR) is 68.7 cm³/mol. The van der Waals surface area contributed by atoms with Gasteiger partial charge in [-0.1, -0.05) is 30.3 Å². The Kier molecular flexibility index (Phi) is 4.19. The predicted octanol–water partition coefficient (Wildman–Crippen LogP) is 0.628. The molecule has 1 aromatic rings. The molecule has 1 aliphatic rings. The zero-order chi connectivity index (χ0) is 13.8. The standard InChI is InChI=1S/C14H17NO4/c1-19-14(18)11-7-12(16)13(17)15(9-11)8-10-5-3-2-4-6-10/h2-6,9,12-13,16-17H,7-8H2,1H3/t12-,13-/m0/s1. The first-order chi connectivity index (χ1) is 9.11. The van der Waals surface area contributed by atoms with Crippen molar-refractivity contribution < 1.29 is 19.7 Å². The van der Waals surface area contributed by atoms with E-state index in [0.717, 1.165) is 5.56 Å². The molecule has 0 amide bonds. The number of nitrogens with zero attached hydrogens (tertiary/aromatic N) is 1. The average molecular weight is 263 g/mol. The van der Waals surface area contributed by atoms with E-state index in [0.29, 0.717) is 12.1 Å². The van der Waals surface area contributed by atoms with Gasteiger partial charge in [0.25, 0.3) is 0 Å². The van der Waals surface area contributed by atoms with E-state index in [-0.39, 0.29) is 6.42 Å². The molecule has 0 saturated heterocycles. The molecule has 0 fully saturated rings. The molecular formula is C14H17NO4. The number of hydrogen-bond donors (Lipinski definition) is 2. The Morgan fingerprint density at radius 1 is 1.37 bits per heavy atom. The second-order valence-corrected chi connectivity index (χ2v) is 4.49. The summed E-state index contributed by atoms with van der Waals surface area (Å²) in [6, 6.07) is 9.53. The summed E-state index contributed by atoms with van der Waals surface area (Å²) in [4.78, 5) is 13.0. The van der Waals surface area contributed by atoms with Gasteiger partial charge in [0, 0.05) is 19.2 Å². The van der Waals surface area contributed by atoms with Gasteiger partial charge >= 0.3 is 5.97 Å². The van der Waals surface area contributed by atoms with Crippen molar-refractivity contribution in [2.24, 2.45) is 0 Å². The van der Waals surface area contributed by atoms with Crippen molar-refractivity contribution in [2.45, 2.75) is 25.3 Å². The molecular weight excluding hydrogens is 246 g/mol. The van der Waals surface area contributed by atoms with E-state index in [2.05, 4.69) is 4.74 Å². The van der Waals surface area contributed by atoms with E-state index in [1.807, 2.05) is 30.3 Å². The highest BCUT2D eigenvalue weighted by Crippen LogP contribution is 2.22. The molecule has 0 bridgehead atoms. The average Bonchev–Trinajstić information content (AvgIpc) is 2.44. The summed E-state index contributed by atoms with van der Waals surface area (Å²) in [5.41, 5.74) is 1.34. The van der Waals surface area contributed by atoms with Crippen LogP contribution in [0.15, 0.2) is 42.1 Å². The second kappa shape index (κ2) is 5.86. The molecule has 5 nitrogen and oxygen atoms in total. The monoisotopic (exact) mass is 263 g/mol. The lowest BCUT2D eigenvalue weighted by Gasteiger charge is -2.34. The molecule has 19 heavy (non-hydrogen) atoms. The van der Waals surface area contributed by atoms with Gasteiger partial charge in [0.2, 0.25) is 0 Å². The van der Waals surface area contributed by atoms with Crippen LogP contribution >= 0.6 is 0 Å². The summed E-state index contributed by atoms with van der Waals surface area (Å²) >= 11 is 0. The zero-order valence-corrected chi connectivity index (χ0v) is 10.7. The molecule has 2 atom stereocenters. The number of carbonyl (C=O) groups excluding carboxylic acids is 1. The molecule has 0 unspecified atom stereocenters. The van der Waals surface area contributed by atoms with Crippen molar-refractivity contribution >= 4 is 5.97 Å². The summed E-state index contributed by atoms with van der Waals surface area (Å²) in [7, 11) is 1.29. The summed E-state index contributed by atoms with van der Waals surface area (Å²) in [5, 5.41) is 19.8. The summed E-state index contributed by atoms with van der Waals surface area (Å²) in [6.45, 7) is 0.416. The summed E-state index contributed by atoms with van der Waals surface area (Å²) in [6.07, 6.45) is -0.369. The van der Waals surface area contributed by atoms with E-state index in [1.165, 1.54) is 12.0 Å². The molecule has 0 aromatic heterocycles. The molecule has 2 N–H and O–H groups in total. The number of aliphatic hydroxyl groups excluding tert-OH is 2. The lowest BCUT2D eigenvalue weighted by Crippen LogP contribution is -2.44. The van der Waals surface area contributed by atoms with Crippen molar-refractivity contribution in [3.8, 4) is 0 Å². The van der Waals surface area contributed by atoms with E-state index >= 15 is 0 Å². The number of ether oxygens (including phenoxy) is 1. The highest BCUT2D eigenvalue weighted by molar-refractivity contribution is 5.88. The van der Waals surface area contributed by atoms with E-state index in [1.54, 1.807) is 6.20 Å². The van der Waals surface area contributed by atoms with Crippen LogP contribution in [0.25, 0.3) is 0 Å². The Morgan fingerprint density at radius 2 is 2.05 bits per heavy atom. The first-order valence-electron chi connectivity index (χ1n) is 6.06. The molecule has 1 aliphatic heterocycles. The van der Waals surface area contributed by atoms with Crippen LogP contribution in [0.5, 0.6) is 0 Å². The Labute approximate surface area is 111 Å². The summed E-state index contributed by atoms with van der Waals surface area (Å²) < 4.78 is 4.65. The van der Waals surface area contributed by atoms with Gasteiger partial charge in [-0.05, 0) is 5.56 Å². The highest BCUT2D eigenvalue weighted by Gasteiger charge is 2.30. The van der Waals surface area contributed by atoms with Gasteiger partial charge in [-0.3, -0.25) is 0 Å². The molecule has 2 rings (SSSR count). The molecule has 1 heterocycles. The number of esters is 1. The van der Waals surface area contributed by atoms with Crippen LogP contribution in [-0.2, 0) is 16.1 Å². The van der Waals surface area contributed by atoms with Crippen molar-refractivity contribution in [3.05, 3.63) is 47.7 Å². The Balaban J connectivity index is 2.19. The van der Waals surface area contributed by atoms with Gasteiger partial charge in [-0.15, -0.1) is 0 Å². The minimum Gasteiger partial charge on any atom is -0.466 e. The fourth-order valence-corrected chi connectivity index (χ4v) is 2.08. The molecule has 5 heteroatoms. The third-order valence-electron chi connectivity index (χ3n) is 3.09. The van der Waals surface area contributed by atoms with Crippen molar-refractivity contribution in [1.82, 2.24) is 4.90 Å². The number of rotatable bonds is 3. The molecule has 0 saturated carbocycles. The number of carbonyl (C=O) groups is 1. The number of hydrogen-bond acceptors (Lipinski definition) is 5. The molecule has 1 aromatic carbocycles. The minimum atomic E-state index is -1.02. The van der Waals surface area contributed by atoms with Gasteiger partial charge in [-0.2, -0.15) is 0 Å². The summed E-state index contributed by atoms with van der Waals surface area (Å²) in [5.74, 6) is -0.482. The smallest absolute Gasteiger partial charge is 0.335 e. The maximum absolute atomic E-state index is 11.5. The maximum Gasteiger partial charge on any atom is 0.335 e. The molecule has 0 radical (unpaired) electrons. The first-order valence-corrected chi connectivity index (χ1v) is 6.06. The number of methoxy groups -OCH3 is 1. The third-order valence-corrected chi connectivity index (χ3v) is 3.09. The van der Waals surface area contributed by atoms with Crippen LogP contribution in [0.4, 0.5) is 0 Å². The number of benzene rings is 1. The Hall–Kier alpha value is -1.85. The van der Waals surface area contributed by atoms with Crippen LogP contribution in [0.3, 0.4) is 0 Å². The Morgan fingerprint density at radius 3 is 2.68 bits per heavy atom. The van der Waals surface area contributed by atoms with Crippen molar-refractivity contribution in [2.75, 3.05) is 7.11 Å². The van der Waals surface area contributed by atoms with Gasteiger partial charge in [0.15, 0.2) is 6.23 Å². The van der Waals surface area contributed by atoms with Gasteiger partial charge in [-0.25, -0.2) is 4.79 Å². The van der Waals surface area contributed by atoms with Crippen LogP contribution in [-0.4, -0.2) is 40.5 Å². The second-order valence-electron chi connectivity index (χ2n) is 4.49. The fraction of sp³-hybridized carbons (Fsp3) is 0.357. The molecule has 0 aliphatic carbocycles. The van der Waals surface area contributed by atoms with Crippen molar-refractivity contribution in [1.29, 1.82) is 0 Å². The quantitative estimate of drug-likeness (QED) is 0.783. The largest absolute Gasteiger partial charge is 0.466 e. The molecule has 0 spiro atoms. The SMILES string of the molecule is COC(=O)C1=CN(Cc2ccccc2)[C@@H](O)[C@@H](O)C1. The van der Waals surface area contributed by atoms with Crippen LogP contribution in [0, 0.1) is 0 Å². The normalized spacial score (nSPS) is 22.9. The topological polar surface area (TPSA) is 70.0 Å². The molecule has 102 valence electrons. The van der Waals surface area contributed by atoms with Crippen LogP contribution in [0.1, 0.15) is 12.0 Å². The van der Waals surface area contributed by atoms with E-state index < -0.39 is 18.3 Å². The maximum atomic E-state index is 11.5. The van der Waals surface area contributed by atoms with Gasteiger partial charge in [0.05, 0.1) is 12.7 Å². The minimum absolute atomic E-state index is 0.0964. The van der Waals surface area contributed by atoms with Gasteiger partial charge < -0.3 is 19.8 Å². The Bertz CT molecular complexity index is 472. The first kappa shape index (κ1) is 13.6. The van der Waals surface area contributed by atoms with Gasteiger partial charge in [0.1, 0.15) is 6.10 Å².